The van der Waals surface area contributed by atoms with Gasteiger partial charge in [0.1, 0.15) is 0 Å². The third-order valence-corrected chi connectivity index (χ3v) is 17.4. The summed E-state index contributed by atoms with van der Waals surface area (Å²) in [5.41, 5.74) is 12.0. The van der Waals surface area contributed by atoms with Crippen LogP contribution in [0.1, 0.15) is 44.5 Å². The van der Waals surface area contributed by atoms with E-state index >= 15 is 0 Å². The van der Waals surface area contributed by atoms with Gasteiger partial charge in [0.2, 0.25) is 0 Å². The van der Waals surface area contributed by atoms with Crippen LogP contribution in [0.2, 0.25) is 0 Å². The second kappa shape index (κ2) is 18.0. The van der Waals surface area contributed by atoms with Crippen LogP contribution >= 0.6 is 0 Å². The summed E-state index contributed by atoms with van der Waals surface area (Å²) in [7, 11) is 0. The van der Waals surface area contributed by atoms with Gasteiger partial charge in [-0.25, -0.2) is 0 Å². The van der Waals surface area contributed by atoms with E-state index in [4.69, 9.17) is 45.2 Å². The molecule has 0 fully saturated rings. The Labute approximate surface area is 446 Å². The van der Waals surface area contributed by atoms with Gasteiger partial charge in [0, 0.05) is 0 Å². The number of para-hydroxylation sites is 4. The van der Waals surface area contributed by atoms with Crippen molar-refractivity contribution in [1.29, 1.82) is 0 Å². The monoisotopic (exact) mass is 1060 g/mol. The Kier molecular flexibility index (Phi) is 11.1. The zero-order chi connectivity index (χ0) is 52.8. The Morgan fingerprint density at radius 1 is 0.286 bits per heavy atom. The molecule has 0 unspecified atom stereocenters. The van der Waals surface area contributed by atoms with E-state index in [-0.39, 0.29) is 0 Å². The van der Waals surface area contributed by atoms with Gasteiger partial charge in [-0.1, -0.05) is 6.07 Å². The van der Waals surface area contributed by atoms with Crippen LogP contribution in [0.15, 0.2) is 164 Å². The molecule has 8 bridgehead atoms. The number of H-pyrrole nitrogens is 2. The molecule has 8 aromatic carbocycles. The van der Waals surface area contributed by atoms with Gasteiger partial charge in [-0.3, -0.25) is 0 Å². The molecule has 2 aliphatic heterocycles. The molecule has 0 aliphatic carbocycles. The number of aryl methyl sites for hydroxylation is 8. The van der Waals surface area contributed by atoms with Crippen molar-refractivity contribution >= 4 is 48.6 Å². The second-order valence-corrected chi connectivity index (χ2v) is 22.5. The Bertz CT molecular complexity index is 4140. The third kappa shape index (κ3) is 7.80. The molecule has 384 valence electrons. The van der Waals surface area contributed by atoms with Crippen LogP contribution in [0.4, 0.5) is 0 Å². The number of benzene rings is 8. The molecule has 2 aliphatic rings. The number of hydrogen-bond acceptors (Lipinski definition) is 10. The minimum absolute atomic E-state index is 0.386. The molecule has 0 amide bonds. The SMILES string of the molecule is Cc1cccc(C)c1[O][Cu]([O]c1c(C)cccc1C)([O]c1c(C)cccc1C)([O]c1c(C)cccc1C)[c]1cccc2c3nc4nc(nc5[nH]c(nc6nc(nc([nH]3)c12)-c1ccccc1-6)c1ccccc51)-c1ccccc1-4. The molecule has 11 aromatic rings. The van der Waals surface area contributed by atoms with Crippen molar-refractivity contribution in [3.63, 3.8) is 0 Å². The van der Waals surface area contributed by atoms with Crippen molar-refractivity contribution in [2.45, 2.75) is 55.4 Å². The molecular weight excluding hydrogens is 1010 g/mol. The van der Waals surface area contributed by atoms with Crippen molar-refractivity contribution in [2.75, 3.05) is 0 Å². The third-order valence-electron chi connectivity index (χ3n) is 14.1. The second-order valence-electron chi connectivity index (χ2n) is 19.5. The maximum absolute atomic E-state index is 8.05. The molecule has 13 rings (SSSR count). The first kappa shape index (κ1) is 47.5. The summed E-state index contributed by atoms with van der Waals surface area (Å²) in [6, 6.07) is 54.3. The van der Waals surface area contributed by atoms with E-state index in [0.717, 1.165) is 77.5 Å². The summed E-state index contributed by atoms with van der Waals surface area (Å²) < 4.78 is 32.6. The topological polar surface area (TPSA) is 146 Å². The van der Waals surface area contributed by atoms with Crippen LogP contribution in [0.5, 0.6) is 23.0 Å². The molecule has 13 heteroatoms. The van der Waals surface area contributed by atoms with E-state index in [2.05, 4.69) is 9.97 Å². The normalized spacial score (nSPS) is 12.4. The van der Waals surface area contributed by atoms with E-state index in [1.165, 1.54) is 0 Å². The fourth-order valence-electron chi connectivity index (χ4n) is 10.0. The molecular formula is C64H53CuN8O4. The predicted molar refractivity (Wildman–Crippen MR) is 302 cm³/mol. The zero-order valence-corrected chi connectivity index (χ0v) is 44.6. The van der Waals surface area contributed by atoms with Crippen LogP contribution in [-0.2, 0) is 13.1 Å². The van der Waals surface area contributed by atoms with Crippen LogP contribution in [0.3, 0.4) is 0 Å². The van der Waals surface area contributed by atoms with Gasteiger partial charge < -0.3 is 0 Å². The molecule has 77 heavy (non-hydrogen) atoms. The molecule has 0 saturated carbocycles. The van der Waals surface area contributed by atoms with Gasteiger partial charge in [0.05, 0.1) is 0 Å². The summed E-state index contributed by atoms with van der Waals surface area (Å²) in [6.45, 7) is 16.2. The number of rotatable bonds is 9. The number of hydrogen-bond donors (Lipinski definition) is 2. The summed E-state index contributed by atoms with van der Waals surface area (Å²) in [5, 5.41) is 2.99. The van der Waals surface area contributed by atoms with Crippen molar-refractivity contribution < 1.29 is 28.4 Å². The number of nitrogens with zero attached hydrogens (tertiary/aromatic N) is 6. The first-order valence-corrected chi connectivity index (χ1v) is 27.4. The van der Waals surface area contributed by atoms with Gasteiger partial charge in [0.15, 0.2) is 0 Å². The fourth-order valence-corrected chi connectivity index (χ4v) is 14.2. The Morgan fingerprint density at radius 3 is 0.909 bits per heavy atom. The number of fused-ring (bicyclic) bond motifs is 20. The fraction of sp³-hybridized carbons (Fsp3) is 0.125. The van der Waals surface area contributed by atoms with E-state index in [9.17, 15) is 0 Å². The number of aromatic amines is 2. The van der Waals surface area contributed by atoms with Crippen molar-refractivity contribution in [3.8, 4) is 68.5 Å². The molecule has 3 aromatic heterocycles. The van der Waals surface area contributed by atoms with Crippen LogP contribution in [0.25, 0.3) is 89.7 Å². The first-order chi connectivity index (χ1) is 37.3. The molecule has 2 N–H and O–H groups in total. The average Bonchev–Trinajstić information content (AvgIpc) is 4.19. The van der Waals surface area contributed by atoms with Gasteiger partial charge in [-0.05, 0) is 0 Å². The van der Waals surface area contributed by atoms with Gasteiger partial charge in [-0.15, -0.1) is 0 Å². The quantitative estimate of drug-likeness (QED) is 0.134. The van der Waals surface area contributed by atoms with Crippen LogP contribution in [0, 0.1) is 55.4 Å². The van der Waals surface area contributed by atoms with E-state index in [1.54, 1.807) is 0 Å². The van der Waals surface area contributed by atoms with E-state index in [0.29, 0.717) is 84.1 Å². The van der Waals surface area contributed by atoms with Gasteiger partial charge >= 0.3 is 443 Å². The molecule has 12 nitrogen and oxygen atoms in total. The minimum atomic E-state index is -5.22. The van der Waals surface area contributed by atoms with E-state index < -0.39 is 13.1 Å². The Morgan fingerprint density at radius 2 is 0.558 bits per heavy atom. The van der Waals surface area contributed by atoms with Crippen molar-refractivity contribution in [3.05, 3.63) is 208 Å². The summed E-state index contributed by atoms with van der Waals surface area (Å²) in [5.74, 6) is 3.96. The van der Waals surface area contributed by atoms with Crippen molar-refractivity contribution in [1.82, 2.24) is 39.9 Å². The van der Waals surface area contributed by atoms with Gasteiger partial charge in [-0.2, -0.15) is 0 Å². The molecule has 0 radical (unpaired) electrons. The van der Waals surface area contributed by atoms with Crippen molar-refractivity contribution in [2.24, 2.45) is 0 Å². The van der Waals surface area contributed by atoms with Crippen LogP contribution < -0.4 is 19.7 Å². The Hall–Kier alpha value is -9.16. The predicted octanol–water partition coefficient (Wildman–Crippen LogP) is 14.6. The summed E-state index contributed by atoms with van der Waals surface area (Å²) >= 11 is -5.22. The van der Waals surface area contributed by atoms with E-state index in [1.807, 2.05) is 219 Å². The molecule has 5 heterocycles. The molecule has 0 spiro atoms. The molecule has 0 atom stereocenters. The number of aromatic nitrogens is 8. The number of nitrogens with one attached hydrogen (secondary N) is 2. The first-order valence-electron chi connectivity index (χ1n) is 25.3. The summed E-state index contributed by atoms with van der Waals surface area (Å²) in [6.07, 6.45) is 0. The van der Waals surface area contributed by atoms with Crippen LogP contribution in [-0.4, -0.2) is 39.9 Å². The zero-order valence-electron chi connectivity index (χ0n) is 43.7. The standard InChI is InChI=1S/C32H17N8.4C8H10O.Cu/c1-2-10-18-17(9-1)25-33-26(18)38-28-21-13-5-6-14-22(21)30(35-28)40-32-24-16-8-7-15-23(24)31(36-32)39-29-20-12-4-3-11-19(20)27(34-29)37-25;4*1-6-4-3-5-7(2)8(6)9;/h1-15H,(H2,33,34,35,36,37,38,39,40);4*3-5,9H,1-2H3;/q;;;;;+4/p-4. The summed E-state index contributed by atoms with van der Waals surface area (Å²) in [4.78, 5) is 39.2. The Balaban J connectivity index is 1.27. The maximum atomic E-state index is 8.05. The molecule has 0 saturated heterocycles. The average molecular weight is 1060 g/mol. The van der Waals surface area contributed by atoms with Gasteiger partial charge in [0.25, 0.3) is 0 Å².